The van der Waals surface area contributed by atoms with Gasteiger partial charge in [-0.15, -0.1) is 0 Å². The lowest BCUT2D eigenvalue weighted by atomic mass is 10.1. The first-order chi connectivity index (χ1) is 5.24. The summed E-state index contributed by atoms with van der Waals surface area (Å²) in [4.78, 5) is 10.8. The average Bonchev–Trinajstić information content (AvgIpc) is 2.37. The first-order valence-electron chi connectivity index (χ1n) is 4.08. The van der Waals surface area contributed by atoms with Crippen molar-refractivity contribution in [1.82, 2.24) is 5.32 Å². The Labute approximate surface area is 67.1 Å². The zero-order valence-electron chi connectivity index (χ0n) is 7.09. The van der Waals surface area contributed by atoms with E-state index in [2.05, 4.69) is 17.0 Å². The normalized spacial score (nSPS) is 30.0. The number of methoxy groups -OCH3 is 1. The Kier molecular flexibility index (Phi) is 2.74. The van der Waals surface area contributed by atoms with E-state index in [1.807, 2.05) is 0 Å². The molecular formula is C8H15NO2. The molecule has 1 fully saturated rings. The first kappa shape index (κ1) is 8.37. The maximum Gasteiger partial charge on any atom is 0.407 e. The fourth-order valence-corrected chi connectivity index (χ4v) is 1.57. The number of nitrogens with one attached hydrogen (secondary N) is 1. The fourth-order valence-electron chi connectivity index (χ4n) is 1.57. The Balaban J connectivity index is 2.30. The van der Waals surface area contributed by atoms with E-state index in [9.17, 15) is 4.79 Å². The molecule has 0 heterocycles. The van der Waals surface area contributed by atoms with Gasteiger partial charge in [-0.3, -0.25) is 0 Å². The smallest absolute Gasteiger partial charge is 0.407 e. The highest BCUT2D eigenvalue weighted by Gasteiger charge is 2.24. The zero-order chi connectivity index (χ0) is 8.27. The number of ether oxygens (including phenoxy) is 1. The van der Waals surface area contributed by atoms with Crippen molar-refractivity contribution in [1.29, 1.82) is 0 Å². The predicted octanol–water partition coefficient (Wildman–Crippen LogP) is 1.53. The van der Waals surface area contributed by atoms with E-state index in [4.69, 9.17) is 0 Å². The third kappa shape index (κ3) is 2.10. The van der Waals surface area contributed by atoms with E-state index in [1.165, 1.54) is 20.0 Å². The minimum atomic E-state index is -0.302. The summed E-state index contributed by atoms with van der Waals surface area (Å²) in [6.07, 6.45) is 3.23. The minimum Gasteiger partial charge on any atom is -0.453 e. The highest BCUT2D eigenvalue weighted by atomic mass is 16.5. The molecule has 1 N–H and O–H groups in total. The molecule has 0 radical (unpaired) electrons. The summed E-state index contributed by atoms with van der Waals surface area (Å²) < 4.78 is 4.51. The maximum atomic E-state index is 10.8. The summed E-state index contributed by atoms with van der Waals surface area (Å²) in [5, 5.41) is 2.82. The molecule has 0 aromatic rings. The summed E-state index contributed by atoms with van der Waals surface area (Å²) in [7, 11) is 1.40. The van der Waals surface area contributed by atoms with Crippen molar-refractivity contribution in [2.45, 2.75) is 32.2 Å². The number of rotatable bonds is 1. The maximum absolute atomic E-state index is 10.8. The predicted molar refractivity (Wildman–Crippen MR) is 42.3 cm³/mol. The lowest BCUT2D eigenvalue weighted by molar-refractivity contribution is 0.164. The van der Waals surface area contributed by atoms with Crippen molar-refractivity contribution >= 4 is 6.09 Å². The topological polar surface area (TPSA) is 38.3 Å². The SMILES string of the molecule is COC(=O)NC1CCCC1C. The Morgan fingerprint density at radius 2 is 2.27 bits per heavy atom. The van der Waals surface area contributed by atoms with E-state index in [0.29, 0.717) is 12.0 Å². The van der Waals surface area contributed by atoms with Crippen LogP contribution in [0, 0.1) is 5.92 Å². The van der Waals surface area contributed by atoms with Gasteiger partial charge in [0.25, 0.3) is 0 Å². The van der Waals surface area contributed by atoms with Crippen LogP contribution < -0.4 is 5.32 Å². The highest BCUT2D eigenvalue weighted by Crippen LogP contribution is 2.24. The van der Waals surface area contributed by atoms with Crippen molar-refractivity contribution in [3.63, 3.8) is 0 Å². The van der Waals surface area contributed by atoms with Gasteiger partial charge in [0.2, 0.25) is 0 Å². The summed E-state index contributed by atoms with van der Waals surface area (Å²) in [5.74, 6) is 0.606. The molecule has 0 aliphatic heterocycles. The van der Waals surface area contributed by atoms with Crippen LogP contribution >= 0.6 is 0 Å². The Morgan fingerprint density at radius 1 is 1.55 bits per heavy atom. The van der Waals surface area contributed by atoms with Gasteiger partial charge >= 0.3 is 6.09 Å². The van der Waals surface area contributed by atoms with Crippen molar-refractivity contribution < 1.29 is 9.53 Å². The van der Waals surface area contributed by atoms with Crippen molar-refractivity contribution in [2.24, 2.45) is 5.92 Å². The van der Waals surface area contributed by atoms with Gasteiger partial charge in [0.1, 0.15) is 0 Å². The van der Waals surface area contributed by atoms with Crippen LogP contribution in [0.15, 0.2) is 0 Å². The molecule has 11 heavy (non-hydrogen) atoms. The van der Waals surface area contributed by atoms with Crippen molar-refractivity contribution in [3.05, 3.63) is 0 Å². The fraction of sp³-hybridized carbons (Fsp3) is 0.875. The molecule has 1 rings (SSSR count). The Morgan fingerprint density at radius 3 is 2.73 bits per heavy atom. The van der Waals surface area contributed by atoms with Crippen molar-refractivity contribution in [3.8, 4) is 0 Å². The highest BCUT2D eigenvalue weighted by molar-refractivity contribution is 5.67. The zero-order valence-corrected chi connectivity index (χ0v) is 7.09. The second kappa shape index (κ2) is 3.60. The van der Waals surface area contributed by atoms with Gasteiger partial charge in [-0.1, -0.05) is 13.3 Å². The molecule has 1 amide bonds. The van der Waals surface area contributed by atoms with Crippen LogP contribution in [-0.4, -0.2) is 19.2 Å². The molecule has 0 spiro atoms. The standard InChI is InChI=1S/C8H15NO2/c1-6-4-3-5-7(6)9-8(10)11-2/h6-7H,3-5H2,1-2H3,(H,9,10). The van der Waals surface area contributed by atoms with Crippen LogP contribution in [0.4, 0.5) is 4.79 Å². The average molecular weight is 157 g/mol. The lowest BCUT2D eigenvalue weighted by Crippen LogP contribution is -2.36. The third-order valence-electron chi connectivity index (χ3n) is 2.35. The van der Waals surface area contributed by atoms with E-state index in [0.717, 1.165) is 6.42 Å². The minimum absolute atomic E-state index is 0.302. The van der Waals surface area contributed by atoms with Crippen molar-refractivity contribution in [2.75, 3.05) is 7.11 Å². The lowest BCUT2D eigenvalue weighted by Gasteiger charge is -2.15. The first-order valence-corrected chi connectivity index (χ1v) is 4.08. The van der Waals surface area contributed by atoms with Crippen LogP contribution in [0.5, 0.6) is 0 Å². The molecule has 3 nitrogen and oxygen atoms in total. The van der Waals surface area contributed by atoms with Gasteiger partial charge in [0, 0.05) is 6.04 Å². The summed E-state index contributed by atoms with van der Waals surface area (Å²) in [6, 6.07) is 0.336. The molecule has 64 valence electrons. The summed E-state index contributed by atoms with van der Waals surface area (Å²) in [5.41, 5.74) is 0. The molecule has 2 atom stereocenters. The molecule has 2 unspecified atom stereocenters. The summed E-state index contributed by atoms with van der Waals surface area (Å²) >= 11 is 0. The van der Waals surface area contributed by atoms with Crippen LogP contribution in [-0.2, 0) is 4.74 Å². The van der Waals surface area contributed by atoms with E-state index >= 15 is 0 Å². The molecule has 0 bridgehead atoms. The number of amides is 1. The molecular weight excluding hydrogens is 142 g/mol. The number of hydrogen-bond donors (Lipinski definition) is 1. The number of hydrogen-bond acceptors (Lipinski definition) is 2. The van der Waals surface area contributed by atoms with Crippen LogP contribution in [0.25, 0.3) is 0 Å². The molecule has 3 heteroatoms. The summed E-state index contributed by atoms with van der Waals surface area (Å²) in [6.45, 7) is 2.16. The number of carbonyl (C=O) groups is 1. The van der Waals surface area contributed by atoms with E-state index < -0.39 is 0 Å². The number of alkyl carbamates (subject to hydrolysis) is 1. The molecule has 1 aliphatic carbocycles. The van der Waals surface area contributed by atoms with Crippen LogP contribution in [0.1, 0.15) is 26.2 Å². The quantitative estimate of drug-likeness (QED) is 0.627. The van der Waals surface area contributed by atoms with Gasteiger partial charge in [0.05, 0.1) is 7.11 Å². The third-order valence-corrected chi connectivity index (χ3v) is 2.35. The van der Waals surface area contributed by atoms with Gasteiger partial charge in [0.15, 0.2) is 0 Å². The van der Waals surface area contributed by atoms with Gasteiger partial charge in [-0.05, 0) is 18.8 Å². The van der Waals surface area contributed by atoms with Crippen LogP contribution in [0.3, 0.4) is 0 Å². The van der Waals surface area contributed by atoms with Gasteiger partial charge in [-0.25, -0.2) is 4.79 Å². The van der Waals surface area contributed by atoms with Gasteiger partial charge in [-0.2, -0.15) is 0 Å². The van der Waals surface area contributed by atoms with Gasteiger partial charge < -0.3 is 10.1 Å². The largest absolute Gasteiger partial charge is 0.453 e. The Hall–Kier alpha value is -0.730. The molecule has 0 aromatic heterocycles. The molecule has 0 aromatic carbocycles. The second-order valence-corrected chi connectivity index (χ2v) is 3.15. The Bertz CT molecular complexity index is 147. The molecule has 0 saturated heterocycles. The second-order valence-electron chi connectivity index (χ2n) is 3.15. The van der Waals surface area contributed by atoms with E-state index in [-0.39, 0.29) is 6.09 Å². The molecule has 1 saturated carbocycles. The monoisotopic (exact) mass is 157 g/mol. The molecule has 1 aliphatic rings. The van der Waals surface area contributed by atoms with E-state index in [1.54, 1.807) is 0 Å². The number of carbonyl (C=O) groups excluding carboxylic acids is 1. The van der Waals surface area contributed by atoms with Crippen LogP contribution in [0.2, 0.25) is 0 Å².